The van der Waals surface area contributed by atoms with Gasteiger partial charge in [0.2, 0.25) is 0 Å². The molecule has 0 saturated carbocycles. The van der Waals surface area contributed by atoms with E-state index in [9.17, 15) is 4.79 Å². The molecule has 3 aromatic rings. The predicted octanol–water partition coefficient (Wildman–Crippen LogP) is 4.75. The van der Waals surface area contributed by atoms with Crippen molar-refractivity contribution in [2.24, 2.45) is 0 Å². The molecule has 156 valence electrons. The van der Waals surface area contributed by atoms with Gasteiger partial charge in [0.05, 0.1) is 26.0 Å². The number of amides is 1. The summed E-state index contributed by atoms with van der Waals surface area (Å²) in [6.45, 7) is 8.17. The molecule has 2 heterocycles. The number of benzene rings is 2. The molecule has 1 unspecified atom stereocenters. The van der Waals surface area contributed by atoms with Crippen LogP contribution in [-0.4, -0.2) is 40.8 Å². The van der Waals surface area contributed by atoms with Crippen LogP contribution in [0.3, 0.4) is 0 Å². The van der Waals surface area contributed by atoms with Crippen LogP contribution in [0, 0.1) is 6.92 Å². The molecule has 1 aliphatic rings. The molecule has 0 bridgehead atoms. The van der Waals surface area contributed by atoms with Crippen molar-refractivity contribution in [2.45, 2.75) is 39.3 Å². The number of ether oxygens (including phenoxy) is 2. The molecular weight excluding hydrogens is 378 g/mol. The number of hydrogen-bond acceptors (Lipinski definition) is 4. The molecule has 1 N–H and O–H groups in total. The van der Waals surface area contributed by atoms with E-state index in [4.69, 9.17) is 9.47 Å². The number of rotatable bonds is 4. The monoisotopic (exact) mass is 405 g/mol. The lowest BCUT2D eigenvalue weighted by Gasteiger charge is -2.38. The van der Waals surface area contributed by atoms with Crippen LogP contribution in [0.1, 0.15) is 54.0 Å². The van der Waals surface area contributed by atoms with Crippen LogP contribution in [-0.2, 0) is 0 Å². The summed E-state index contributed by atoms with van der Waals surface area (Å²) in [5, 5.41) is 7.54. The van der Waals surface area contributed by atoms with E-state index >= 15 is 0 Å². The summed E-state index contributed by atoms with van der Waals surface area (Å²) >= 11 is 0. The Balaban J connectivity index is 1.96. The third-order valence-electron chi connectivity index (χ3n) is 5.55. The molecular formula is C24H27N3O3. The average molecular weight is 405 g/mol. The number of carbonyl (C=O) groups excluding carboxylic acids is 1. The highest BCUT2D eigenvalue weighted by Gasteiger charge is 2.47. The van der Waals surface area contributed by atoms with Gasteiger partial charge in [0.15, 0.2) is 0 Å². The molecule has 4 rings (SSSR count). The van der Waals surface area contributed by atoms with Crippen LogP contribution in [0.4, 0.5) is 0 Å². The average Bonchev–Trinajstić information content (AvgIpc) is 3.27. The van der Waals surface area contributed by atoms with Crippen molar-refractivity contribution in [3.05, 3.63) is 64.8 Å². The lowest BCUT2D eigenvalue weighted by atomic mass is 9.93. The maximum Gasteiger partial charge on any atom is 0.273 e. The number of nitrogens with one attached hydrogen (secondary N) is 1. The summed E-state index contributed by atoms with van der Waals surface area (Å²) in [6, 6.07) is 13.6. The van der Waals surface area contributed by atoms with E-state index in [1.54, 1.807) is 14.2 Å². The number of carbonyl (C=O) groups is 1. The van der Waals surface area contributed by atoms with E-state index in [0.29, 0.717) is 17.2 Å². The standard InChI is InChI=1S/C24H27N3O3/c1-14-7-9-15(10-8-14)20-19-21(26-25-20)23(28)27(24(2,3)4)22(19)17-12-11-16(29-5)13-18(17)30-6/h7-13,22H,1-6H3,(H,25,26). The Morgan fingerprint density at radius 3 is 2.33 bits per heavy atom. The number of aromatic amines is 1. The Hall–Kier alpha value is -3.28. The largest absolute Gasteiger partial charge is 0.497 e. The summed E-state index contributed by atoms with van der Waals surface area (Å²) < 4.78 is 11.1. The molecule has 30 heavy (non-hydrogen) atoms. The summed E-state index contributed by atoms with van der Waals surface area (Å²) in [5.41, 5.74) is 4.83. The van der Waals surface area contributed by atoms with Crippen molar-refractivity contribution in [3.8, 4) is 22.8 Å². The van der Waals surface area contributed by atoms with Crippen molar-refractivity contribution in [2.75, 3.05) is 14.2 Å². The van der Waals surface area contributed by atoms with Crippen molar-refractivity contribution >= 4 is 5.91 Å². The molecule has 1 atom stereocenters. The maximum atomic E-state index is 13.4. The van der Waals surface area contributed by atoms with Crippen LogP contribution in [0.15, 0.2) is 42.5 Å². The molecule has 0 fully saturated rings. The van der Waals surface area contributed by atoms with Gasteiger partial charge >= 0.3 is 0 Å². The van der Waals surface area contributed by atoms with Gasteiger partial charge in [-0.1, -0.05) is 29.8 Å². The normalized spacial score (nSPS) is 16.0. The molecule has 2 aromatic carbocycles. The Kier molecular flexibility index (Phi) is 4.80. The Bertz CT molecular complexity index is 1090. The number of hydrogen-bond donors (Lipinski definition) is 1. The quantitative estimate of drug-likeness (QED) is 0.680. The van der Waals surface area contributed by atoms with Gasteiger partial charge in [-0.2, -0.15) is 5.10 Å². The van der Waals surface area contributed by atoms with E-state index in [1.807, 2.05) is 56.0 Å². The van der Waals surface area contributed by atoms with Crippen molar-refractivity contribution in [3.63, 3.8) is 0 Å². The first kappa shape index (κ1) is 20.0. The maximum absolute atomic E-state index is 13.4. The van der Waals surface area contributed by atoms with Crippen LogP contribution in [0.5, 0.6) is 11.5 Å². The van der Waals surface area contributed by atoms with Crippen LogP contribution >= 0.6 is 0 Å². The molecule has 0 radical (unpaired) electrons. The number of H-pyrrole nitrogens is 1. The van der Waals surface area contributed by atoms with Gasteiger partial charge in [-0.15, -0.1) is 0 Å². The molecule has 6 nitrogen and oxygen atoms in total. The number of nitrogens with zero attached hydrogens (tertiary/aromatic N) is 2. The van der Waals surface area contributed by atoms with Crippen LogP contribution in [0.25, 0.3) is 11.3 Å². The second-order valence-electron chi connectivity index (χ2n) is 8.58. The fourth-order valence-electron chi connectivity index (χ4n) is 4.11. The lowest BCUT2D eigenvalue weighted by Crippen LogP contribution is -2.44. The topological polar surface area (TPSA) is 67.5 Å². The molecule has 0 saturated heterocycles. The van der Waals surface area contributed by atoms with Gasteiger partial charge in [0.1, 0.15) is 17.2 Å². The van der Waals surface area contributed by atoms with E-state index in [2.05, 4.69) is 29.3 Å². The Morgan fingerprint density at radius 1 is 1.03 bits per heavy atom. The van der Waals surface area contributed by atoms with E-state index < -0.39 is 5.54 Å². The molecule has 0 aliphatic carbocycles. The van der Waals surface area contributed by atoms with Crippen LogP contribution < -0.4 is 9.47 Å². The van der Waals surface area contributed by atoms with Gasteiger partial charge in [0, 0.05) is 28.3 Å². The highest BCUT2D eigenvalue weighted by molar-refractivity contribution is 6.00. The van der Waals surface area contributed by atoms with E-state index in [0.717, 1.165) is 22.4 Å². The third kappa shape index (κ3) is 3.12. The minimum absolute atomic E-state index is 0.0637. The first-order valence-corrected chi connectivity index (χ1v) is 9.97. The second-order valence-corrected chi connectivity index (χ2v) is 8.58. The predicted molar refractivity (Wildman–Crippen MR) is 116 cm³/mol. The molecule has 1 amide bonds. The van der Waals surface area contributed by atoms with Gasteiger partial charge in [-0.05, 0) is 39.8 Å². The second kappa shape index (κ2) is 7.20. The van der Waals surface area contributed by atoms with E-state index in [-0.39, 0.29) is 11.9 Å². The summed E-state index contributed by atoms with van der Waals surface area (Å²) in [7, 11) is 3.26. The minimum Gasteiger partial charge on any atom is -0.497 e. The third-order valence-corrected chi connectivity index (χ3v) is 5.55. The zero-order valence-corrected chi connectivity index (χ0v) is 18.2. The van der Waals surface area contributed by atoms with E-state index in [1.165, 1.54) is 5.56 Å². The van der Waals surface area contributed by atoms with Gasteiger partial charge < -0.3 is 14.4 Å². The summed E-state index contributed by atoms with van der Waals surface area (Å²) in [6.07, 6.45) is 0. The number of aryl methyl sites for hydroxylation is 1. The zero-order valence-electron chi connectivity index (χ0n) is 18.2. The Morgan fingerprint density at radius 2 is 1.73 bits per heavy atom. The number of fused-ring (bicyclic) bond motifs is 1. The molecule has 0 spiro atoms. The van der Waals surface area contributed by atoms with Gasteiger partial charge in [-0.3, -0.25) is 9.89 Å². The molecule has 1 aliphatic heterocycles. The molecule has 1 aromatic heterocycles. The van der Waals surface area contributed by atoms with Crippen molar-refractivity contribution < 1.29 is 14.3 Å². The Labute approximate surface area is 176 Å². The zero-order chi connectivity index (χ0) is 21.6. The van der Waals surface area contributed by atoms with Crippen molar-refractivity contribution in [1.82, 2.24) is 15.1 Å². The van der Waals surface area contributed by atoms with Gasteiger partial charge in [0.25, 0.3) is 5.91 Å². The highest BCUT2D eigenvalue weighted by atomic mass is 16.5. The number of methoxy groups -OCH3 is 2. The van der Waals surface area contributed by atoms with Crippen LogP contribution in [0.2, 0.25) is 0 Å². The fourth-order valence-corrected chi connectivity index (χ4v) is 4.11. The molecule has 6 heteroatoms. The first-order chi connectivity index (χ1) is 14.3. The highest BCUT2D eigenvalue weighted by Crippen LogP contribution is 2.48. The van der Waals surface area contributed by atoms with Crippen molar-refractivity contribution in [1.29, 1.82) is 0 Å². The first-order valence-electron chi connectivity index (χ1n) is 9.97. The summed E-state index contributed by atoms with van der Waals surface area (Å²) in [5.74, 6) is 1.31. The lowest BCUT2D eigenvalue weighted by molar-refractivity contribution is 0.0543. The SMILES string of the molecule is COc1ccc(C2c3c(-c4ccc(C)cc4)n[nH]c3C(=O)N2C(C)(C)C)c(OC)c1. The minimum atomic E-state index is -0.406. The smallest absolute Gasteiger partial charge is 0.273 e. The number of aromatic nitrogens is 2. The van der Waals surface area contributed by atoms with Gasteiger partial charge in [-0.25, -0.2) is 0 Å². The summed E-state index contributed by atoms with van der Waals surface area (Å²) in [4.78, 5) is 15.3. The fraction of sp³-hybridized carbons (Fsp3) is 0.333.